The third-order valence-corrected chi connectivity index (χ3v) is 0. The Bertz CT molecular complexity index is 3.25. The molecule has 0 aliphatic rings. The molecule has 0 heterocycles. The summed E-state index contributed by atoms with van der Waals surface area (Å²) in [7, 11) is 0. The van der Waals surface area contributed by atoms with Crippen LogP contribution in [-0.2, 0) is 17.4 Å². The Kier molecular flexibility index (Phi) is 8810. The van der Waals surface area contributed by atoms with Crippen molar-refractivity contribution in [2.45, 2.75) is 0 Å². The third kappa shape index (κ3) is 28.3. The molecule has 0 aromatic carbocycles. The molecular formula is H3CrO3-3. The van der Waals surface area contributed by atoms with Gasteiger partial charge in [0.15, 0.2) is 0 Å². The molecule has 0 aromatic rings. The molecule has 4 heavy (non-hydrogen) atoms. The SMILES string of the molecule is [Cr].[OH-].[OH-].[OH-]. The third-order valence-electron chi connectivity index (χ3n) is 0. The van der Waals surface area contributed by atoms with Gasteiger partial charge in [-0.3, -0.25) is 0 Å². The summed E-state index contributed by atoms with van der Waals surface area (Å²) in [6.07, 6.45) is 0. The quantitative estimate of drug-likeness (QED) is 0.412. The van der Waals surface area contributed by atoms with Gasteiger partial charge in [0.25, 0.3) is 0 Å². The van der Waals surface area contributed by atoms with Gasteiger partial charge in [0.05, 0.1) is 0 Å². The van der Waals surface area contributed by atoms with Crippen molar-refractivity contribution < 1.29 is 33.8 Å². The van der Waals surface area contributed by atoms with Crippen LogP contribution in [0.3, 0.4) is 0 Å². The molecule has 0 aliphatic carbocycles. The molecule has 3 N–H and O–H groups in total. The van der Waals surface area contributed by atoms with E-state index in [0.29, 0.717) is 0 Å². The molecule has 0 radical (unpaired) electrons. The van der Waals surface area contributed by atoms with Crippen LogP contribution < -0.4 is 0 Å². The van der Waals surface area contributed by atoms with Gasteiger partial charge >= 0.3 is 0 Å². The van der Waals surface area contributed by atoms with Crippen molar-refractivity contribution in [2.24, 2.45) is 0 Å². The molecule has 0 atom stereocenters. The summed E-state index contributed by atoms with van der Waals surface area (Å²) in [5.74, 6) is 0. The van der Waals surface area contributed by atoms with Gasteiger partial charge in [0.1, 0.15) is 0 Å². The molecule has 0 aromatic heterocycles. The monoisotopic (exact) mass is 103 g/mol. The van der Waals surface area contributed by atoms with Gasteiger partial charge in [-0.1, -0.05) is 0 Å². The van der Waals surface area contributed by atoms with Gasteiger partial charge in [-0.25, -0.2) is 0 Å². The number of hydrogen-bond acceptors (Lipinski definition) is 3. The van der Waals surface area contributed by atoms with Crippen molar-refractivity contribution in [1.29, 1.82) is 0 Å². The predicted molar refractivity (Wildman–Crippen MR) is 5.81 cm³/mol. The molecule has 0 saturated heterocycles. The van der Waals surface area contributed by atoms with Gasteiger partial charge < -0.3 is 16.4 Å². The van der Waals surface area contributed by atoms with E-state index in [4.69, 9.17) is 0 Å². The maximum absolute atomic E-state index is 0. The molecule has 0 unspecified atom stereocenters. The van der Waals surface area contributed by atoms with E-state index in [-0.39, 0.29) is 33.8 Å². The summed E-state index contributed by atoms with van der Waals surface area (Å²) in [6.45, 7) is 0. The van der Waals surface area contributed by atoms with Crippen LogP contribution in [0.4, 0.5) is 0 Å². The molecular weight excluding hydrogens is 100.0 g/mol. The zero-order valence-electron chi connectivity index (χ0n) is 1.75. The first-order valence-electron chi connectivity index (χ1n) is 0. The van der Waals surface area contributed by atoms with Gasteiger partial charge in [-0.15, -0.1) is 0 Å². The average molecular weight is 103 g/mol. The topological polar surface area (TPSA) is 90.0 Å². The average Bonchev–Trinajstić information content (AvgIpc) is 0. The van der Waals surface area contributed by atoms with Crippen molar-refractivity contribution in [3.63, 3.8) is 0 Å². The second-order valence-electron chi connectivity index (χ2n) is 0. The van der Waals surface area contributed by atoms with Crippen molar-refractivity contribution in [3.8, 4) is 0 Å². The first-order valence-corrected chi connectivity index (χ1v) is 0. The Morgan fingerprint density at radius 2 is 0.500 bits per heavy atom. The van der Waals surface area contributed by atoms with Crippen LogP contribution in [-0.4, -0.2) is 16.4 Å². The van der Waals surface area contributed by atoms with E-state index in [9.17, 15) is 0 Å². The largest absolute Gasteiger partial charge is 0.870 e. The van der Waals surface area contributed by atoms with E-state index in [1.54, 1.807) is 0 Å². The molecule has 0 rings (SSSR count). The molecule has 0 aliphatic heterocycles. The minimum atomic E-state index is 0. The summed E-state index contributed by atoms with van der Waals surface area (Å²) in [4.78, 5) is 0. The summed E-state index contributed by atoms with van der Waals surface area (Å²) in [5, 5.41) is 0. The van der Waals surface area contributed by atoms with Crippen molar-refractivity contribution in [3.05, 3.63) is 0 Å². The second-order valence-corrected chi connectivity index (χ2v) is 0. The van der Waals surface area contributed by atoms with Crippen LogP contribution in [0.25, 0.3) is 0 Å². The minimum Gasteiger partial charge on any atom is -0.870 e. The van der Waals surface area contributed by atoms with Gasteiger partial charge in [-0.05, 0) is 0 Å². The Labute approximate surface area is 34.7 Å². The molecule has 0 spiro atoms. The Hall–Kier alpha value is 0.412. The number of hydrogen-bond donors (Lipinski definition) is 0. The first-order chi connectivity index (χ1) is 0. The summed E-state index contributed by atoms with van der Waals surface area (Å²) in [6, 6.07) is 0. The standard InChI is InChI=1S/Cr.3H2O/h;3*1H2/p-3. The number of rotatable bonds is 0. The molecule has 0 fully saturated rings. The van der Waals surface area contributed by atoms with Crippen molar-refractivity contribution >= 4 is 0 Å². The second kappa shape index (κ2) is 117. The molecule has 0 amide bonds. The Morgan fingerprint density at radius 3 is 0.500 bits per heavy atom. The predicted octanol–water partition coefficient (Wildman–Crippen LogP) is -0.533. The fourth-order valence-electron chi connectivity index (χ4n) is 0. The minimum absolute atomic E-state index is 0. The van der Waals surface area contributed by atoms with Gasteiger partial charge in [-0.2, -0.15) is 0 Å². The summed E-state index contributed by atoms with van der Waals surface area (Å²) >= 11 is 0. The summed E-state index contributed by atoms with van der Waals surface area (Å²) < 4.78 is 0. The molecule has 30 valence electrons. The fourth-order valence-corrected chi connectivity index (χ4v) is 0. The van der Waals surface area contributed by atoms with Gasteiger partial charge in [0, 0.05) is 17.4 Å². The Morgan fingerprint density at radius 1 is 0.500 bits per heavy atom. The molecule has 3 nitrogen and oxygen atoms in total. The maximum atomic E-state index is 0. The Balaban J connectivity index is 0. The zero-order valence-corrected chi connectivity index (χ0v) is 3.02. The smallest absolute Gasteiger partial charge is 0 e. The van der Waals surface area contributed by atoms with E-state index < -0.39 is 0 Å². The van der Waals surface area contributed by atoms with E-state index in [2.05, 4.69) is 0 Å². The van der Waals surface area contributed by atoms with Crippen LogP contribution in [0, 0.1) is 0 Å². The van der Waals surface area contributed by atoms with Crippen LogP contribution in [0.5, 0.6) is 0 Å². The summed E-state index contributed by atoms with van der Waals surface area (Å²) in [5.41, 5.74) is 0. The van der Waals surface area contributed by atoms with Crippen LogP contribution in [0.2, 0.25) is 0 Å². The normalized spacial score (nSPS) is 0. The van der Waals surface area contributed by atoms with Crippen LogP contribution in [0.15, 0.2) is 0 Å². The molecule has 4 heteroatoms. The molecule has 0 saturated carbocycles. The van der Waals surface area contributed by atoms with Crippen molar-refractivity contribution in [1.82, 2.24) is 0 Å². The fraction of sp³-hybridized carbons (Fsp3) is 0. The van der Waals surface area contributed by atoms with Crippen LogP contribution >= 0.6 is 0 Å². The van der Waals surface area contributed by atoms with E-state index >= 15 is 0 Å². The zero-order chi connectivity index (χ0) is 0. The van der Waals surface area contributed by atoms with Crippen molar-refractivity contribution in [2.75, 3.05) is 0 Å². The van der Waals surface area contributed by atoms with E-state index in [1.807, 2.05) is 0 Å². The van der Waals surface area contributed by atoms with E-state index in [1.165, 1.54) is 0 Å². The van der Waals surface area contributed by atoms with E-state index in [0.717, 1.165) is 0 Å². The molecule has 0 bridgehead atoms. The maximum Gasteiger partial charge on any atom is 0 e. The van der Waals surface area contributed by atoms with Crippen LogP contribution in [0.1, 0.15) is 0 Å². The van der Waals surface area contributed by atoms with Gasteiger partial charge in [0.2, 0.25) is 0 Å². The first kappa shape index (κ1) is 302.